The first-order valence-corrected chi connectivity index (χ1v) is 12.3. The topological polar surface area (TPSA) is 84.5 Å². The molecule has 3 aromatic rings. The Hall–Kier alpha value is -1.97. The maximum absolute atomic E-state index is 12.7. The fourth-order valence-corrected chi connectivity index (χ4v) is 5.94. The second-order valence-corrected chi connectivity index (χ2v) is 10.1. The van der Waals surface area contributed by atoms with Crippen molar-refractivity contribution in [2.75, 3.05) is 13.2 Å². The van der Waals surface area contributed by atoms with Crippen molar-refractivity contribution in [3.05, 3.63) is 64.0 Å². The largest absolute Gasteiger partial charge is 0.377 e. The quantitative estimate of drug-likeness (QED) is 0.554. The minimum absolute atomic E-state index is 0.0650. The molecular formula is C21H21ClN2O4S2. The molecule has 1 fully saturated rings. The van der Waals surface area contributed by atoms with Gasteiger partial charge in [-0.1, -0.05) is 29.8 Å². The van der Waals surface area contributed by atoms with Gasteiger partial charge in [0.15, 0.2) is 0 Å². The molecule has 1 aliphatic rings. The second-order valence-electron chi connectivity index (χ2n) is 7.07. The minimum atomic E-state index is -3.86. The highest BCUT2D eigenvalue weighted by molar-refractivity contribution is 7.89. The van der Waals surface area contributed by atoms with Crippen molar-refractivity contribution in [3.63, 3.8) is 0 Å². The molecule has 2 heterocycles. The minimum Gasteiger partial charge on any atom is -0.377 e. The van der Waals surface area contributed by atoms with Crippen LogP contribution in [0.1, 0.15) is 28.8 Å². The first kappa shape index (κ1) is 21.3. The van der Waals surface area contributed by atoms with Crippen LogP contribution in [0.5, 0.6) is 0 Å². The maximum atomic E-state index is 12.7. The first-order valence-electron chi connectivity index (χ1n) is 9.58. The molecule has 1 atom stereocenters. The van der Waals surface area contributed by atoms with Gasteiger partial charge in [0.2, 0.25) is 10.0 Å². The number of fused-ring (bicyclic) bond motifs is 1. The third kappa shape index (κ3) is 4.68. The van der Waals surface area contributed by atoms with Crippen LogP contribution in [0.2, 0.25) is 5.02 Å². The summed E-state index contributed by atoms with van der Waals surface area (Å²) in [6.07, 6.45) is 1.60. The average molecular weight is 465 g/mol. The van der Waals surface area contributed by atoms with E-state index in [0.717, 1.165) is 28.5 Å². The molecule has 0 radical (unpaired) electrons. The Balaban J connectivity index is 1.47. The number of hydrogen-bond donors (Lipinski definition) is 2. The van der Waals surface area contributed by atoms with Crippen molar-refractivity contribution in [1.29, 1.82) is 0 Å². The van der Waals surface area contributed by atoms with Gasteiger partial charge in [-0.3, -0.25) is 4.79 Å². The number of carbonyl (C=O) groups is 1. The summed E-state index contributed by atoms with van der Waals surface area (Å²) in [7, 11) is -3.86. The van der Waals surface area contributed by atoms with Gasteiger partial charge >= 0.3 is 0 Å². The molecule has 158 valence electrons. The van der Waals surface area contributed by atoms with Gasteiger partial charge in [-0.25, -0.2) is 13.1 Å². The van der Waals surface area contributed by atoms with Gasteiger partial charge < -0.3 is 10.1 Å². The lowest BCUT2D eigenvalue weighted by Crippen LogP contribution is -2.32. The van der Waals surface area contributed by atoms with Crippen molar-refractivity contribution in [2.45, 2.75) is 30.4 Å². The van der Waals surface area contributed by atoms with Crippen LogP contribution in [-0.2, 0) is 21.3 Å². The fourth-order valence-electron chi connectivity index (χ4n) is 3.38. The highest BCUT2D eigenvalue weighted by atomic mass is 35.5. The molecular weight excluding hydrogens is 444 g/mol. The number of hydrogen-bond acceptors (Lipinski definition) is 5. The maximum Gasteiger partial charge on any atom is 0.251 e. The average Bonchev–Trinajstić information content (AvgIpc) is 3.41. The molecule has 4 rings (SSSR count). The van der Waals surface area contributed by atoms with Crippen LogP contribution in [0.15, 0.2) is 52.7 Å². The Morgan fingerprint density at radius 2 is 2.07 bits per heavy atom. The van der Waals surface area contributed by atoms with Crippen molar-refractivity contribution >= 4 is 49.0 Å². The zero-order chi connectivity index (χ0) is 21.1. The van der Waals surface area contributed by atoms with E-state index in [1.165, 1.54) is 18.2 Å². The zero-order valence-corrected chi connectivity index (χ0v) is 18.4. The lowest BCUT2D eigenvalue weighted by molar-refractivity contribution is 0.0951. The molecule has 1 amide bonds. The summed E-state index contributed by atoms with van der Waals surface area (Å²) in [4.78, 5) is 12.5. The molecule has 0 saturated carbocycles. The van der Waals surface area contributed by atoms with Crippen molar-refractivity contribution < 1.29 is 17.9 Å². The highest BCUT2D eigenvalue weighted by Crippen LogP contribution is 2.26. The van der Waals surface area contributed by atoms with E-state index < -0.39 is 10.0 Å². The molecule has 0 bridgehead atoms. The summed E-state index contributed by atoms with van der Waals surface area (Å²) in [5.74, 6) is -0.363. The summed E-state index contributed by atoms with van der Waals surface area (Å²) >= 11 is 7.74. The summed E-state index contributed by atoms with van der Waals surface area (Å²) in [6.45, 7) is 1.17. The van der Waals surface area contributed by atoms with E-state index in [1.807, 2.05) is 29.6 Å². The molecule has 0 spiro atoms. The highest BCUT2D eigenvalue weighted by Gasteiger charge is 2.23. The van der Waals surface area contributed by atoms with Crippen LogP contribution >= 0.6 is 22.9 Å². The van der Waals surface area contributed by atoms with Crippen molar-refractivity contribution in [1.82, 2.24) is 10.0 Å². The standard InChI is InChI=1S/C21H21ClN2O4S2/c22-18-8-7-14(10-20(18)30(26,27)24-12-16-4-3-9-28-16)21(25)23-11-15-13-29-19-6-2-1-5-17(15)19/h1-2,5-8,10,13,16,24H,3-4,9,11-12H2,(H,23,25). The van der Waals surface area contributed by atoms with E-state index in [4.69, 9.17) is 16.3 Å². The lowest BCUT2D eigenvalue weighted by Gasteiger charge is -2.13. The predicted molar refractivity (Wildman–Crippen MR) is 119 cm³/mol. The Bertz CT molecular complexity index is 1170. The van der Waals surface area contributed by atoms with Crippen LogP contribution in [-0.4, -0.2) is 33.6 Å². The van der Waals surface area contributed by atoms with E-state index in [2.05, 4.69) is 10.0 Å². The van der Waals surface area contributed by atoms with E-state index in [9.17, 15) is 13.2 Å². The van der Waals surface area contributed by atoms with E-state index in [-0.39, 0.29) is 34.0 Å². The van der Waals surface area contributed by atoms with Crippen molar-refractivity contribution in [3.8, 4) is 0 Å². The van der Waals surface area contributed by atoms with Gasteiger partial charge in [0.1, 0.15) is 4.90 Å². The summed E-state index contributed by atoms with van der Waals surface area (Å²) < 4.78 is 34.5. The number of thiophene rings is 1. The van der Waals surface area contributed by atoms with Gasteiger partial charge in [0, 0.05) is 30.0 Å². The number of sulfonamides is 1. The Labute approximate surface area is 184 Å². The number of nitrogens with one attached hydrogen (secondary N) is 2. The molecule has 1 aliphatic heterocycles. The molecule has 2 N–H and O–H groups in total. The number of rotatable bonds is 7. The van der Waals surface area contributed by atoms with Crippen LogP contribution in [0.3, 0.4) is 0 Å². The number of amides is 1. The normalized spacial score (nSPS) is 16.8. The summed E-state index contributed by atoms with van der Waals surface area (Å²) in [5.41, 5.74) is 1.25. The van der Waals surface area contributed by atoms with Crippen LogP contribution in [0.25, 0.3) is 10.1 Å². The lowest BCUT2D eigenvalue weighted by atomic mass is 10.1. The van der Waals surface area contributed by atoms with Gasteiger partial charge in [-0.2, -0.15) is 0 Å². The fraction of sp³-hybridized carbons (Fsp3) is 0.286. The molecule has 2 aromatic carbocycles. The number of benzene rings is 2. The van der Waals surface area contributed by atoms with Crippen LogP contribution in [0, 0.1) is 0 Å². The molecule has 1 unspecified atom stereocenters. The van der Waals surface area contributed by atoms with Crippen LogP contribution < -0.4 is 10.0 Å². The Kier molecular flexibility index (Phi) is 6.40. The third-order valence-corrected chi connectivity index (χ3v) is 7.93. The van der Waals surface area contributed by atoms with Gasteiger partial charge in [0.05, 0.1) is 11.1 Å². The Morgan fingerprint density at radius 3 is 2.87 bits per heavy atom. The summed E-state index contributed by atoms with van der Waals surface area (Å²) in [6, 6.07) is 12.2. The molecule has 30 heavy (non-hydrogen) atoms. The zero-order valence-electron chi connectivity index (χ0n) is 16.1. The van der Waals surface area contributed by atoms with Gasteiger partial charge in [-0.15, -0.1) is 11.3 Å². The Morgan fingerprint density at radius 1 is 1.23 bits per heavy atom. The molecule has 1 saturated heterocycles. The second kappa shape index (κ2) is 9.03. The SMILES string of the molecule is O=C(NCc1csc2ccccc12)c1ccc(Cl)c(S(=O)(=O)NCC2CCCO2)c1. The molecule has 1 aromatic heterocycles. The van der Waals surface area contributed by atoms with E-state index in [1.54, 1.807) is 11.3 Å². The molecule has 6 nitrogen and oxygen atoms in total. The summed E-state index contributed by atoms with van der Waals surface area (Å²) in [5, 5.41) is 6.03. The first-order chi connectivity index (χ1) is 14.4. The molecule has 9 heteroatoms. The van der Waals surface area contributed by atoms with E-state index in [0.29, 0.717) is 13.2 Å². The third-order valence-electron chi connectivity index (χ3n) is 5.01. The number of carbonyl (C=O) groups excluding carboxylic acids is 1. The van der Waals surface area contributed by atoms with E-state index >= 15 is 0 Å². The molecule has 0 aliphatic carbocycles. The monoisotopic (exact) mass is 464 g/mol. The van der Waals surface area contributed by atoms with Crippen molar-refractivity contribution in [2.24, 2.45) is 0 Å². The number of ether oxygens (including phenoxy) is 1. The smallest absolute Gasteiger partial charge is 0.251 e. The predicted octanol–water partition coefficient (Wildman–Crippen LogP) is 3.94. The van der Waals surface area contributed by atoms with Crippen LogP contribution in [0.4, 0.5) is 0 Å². The number of halogens is 1. The van der Waals surface area contributed by atoms with Gasteiger partial charge in [0.25, 0.3) is 5.91 Å². The van der Waals surface area contributed by atoms with Gasteiger partial charge in [-0.05, 0) is 53.4 Å².